The summed E-state index contributed by atoms with van der Waals surface area (Å²) in [5.41, 5.74) is 3.32. The van der Waals surface area contributed by atoms with Gasteiger partial charge >= 0.3 is 0 Å². The van der Waals surface area contributed by atoms with Crippen LogP contribution in [0.1, 0.15) is 22.3 Å². The molecule has 3 aliphatic heterocycles. The van der Waals surface area contributed by atoms with Gasteiger partial charge in [-0.15, -0.1) is 0 Å². The molecule has 5 nitrogen and oxygen atoms in total. The molecule has 3 aliphatic rings. The maximum absolute atomic E-state index is 13.4. The number of amides is 1. The van der Waals surface area contributed by atoms with Crippen molar-refractivity contribution in [1.29, 1.82) is 0 Å². The monoisotopic (exact) mass is 405 g/mol. The summed E-state index contributed by atoms with van der Waals surface area (Å²) in [5.74, 6) is 0.812. The lowest BCUT2D eigenvalue weighted by Gasteiger charge is -2.53. The molecule has 30 heavy (non-hydrogen) atoms. The van der Waals surface area contributed by atoms with Crippen molar-refractivity contribution in [3.8, 4) is 0 Å². The van der Waals surface area contributed by atoms with Crippen molar-refractivity contribution in [3.05, 3.63) is 65.7 Å². The fourth-order valence-corrected chi connectivity index (χ4v) is 5.24. The molecule has 0 N–H and O–H groups in total. The van der Waals surface area contributed by atoms with Crippen LogP contribution in [-0.4, -0.2) is 74.2 Å². The largest absolute Gasteiger partial charge is 0.378 e. The van der Waals surface area contributed by atoms with Crippen LogP contribution >= 0.6 is 0 Å². The molecule has 0 bridgehead atoms. The SMILES string of the molecule is O=C(c1ccccc1N1CCOCC1)N1CC[C@H]2[C@@H](C1)CN2CCc1ccccc1. The van der Waals surface area contributed by atoms with E-state index in [0.29, 0.717) is 12.0 Å². The van der Waals surface area contributed by atoms with Crippen molar-refractivity contribution in [3.63, 3.8) is 0 Å². The minimum absolute atomic E-state index is 0.193. The lowest BCUT2D eigenvalue weighted by molar-refractivity contribution is -0.0358. The maximum atomic E-state index is 13.4. The number of carbonyl (C=O) groups excluding carboxylic acids is 1. The van der Waals surface area contributed by atoms with Gasteiger partial charge in [0.25, 0.3) is 5.91 Å². The fraction of sp³-hybridized carbons (Fsp3) is 0.480. The smallest absolute Gasteiger partial charge is 0.255 e. The topological polar surface area (TPSA) is 36.0 Å². The molecule has 158 valence electrons. The third kappa shape index (κ3) is 3.96. The summed E-state index contributed by atoms with van der Waals surface area (Å²) in [6, 6.07) is 19.5. The number of morpholine rings is 1. The number of hydrogen-bond donors (Lipinski definition) is 0. The van der Waals surface area contributed by atoms with Crippen LogP contribution in [0.25, 0.3) is 0 Å². The van der Waals surface area contributed by atoms with Gasteiger partial charge in [-0.1, -0.05) is 42.5 Å². The van der Waals surface area contributed by atoms with E-state index in [2.05, 4.69) is 51.1 Å². The summed E-state index contributed by atoms with van der Waals surface area (Å²) in [6.45, 7) is 7.16. The molecule has 0 aliphatic carbocycles. The van der Waals surface area contributed by atoms with E-state index in [4.69, 9.17) is 4.74 Å². The van der Waals surface area contributed by atoms with Gasteiger partial charge in [0.2, 0.25) is 0 Å². The van der Waals surface area contributed by atoms with E-state index < -0.39 is 0 Å². The van der Waals surface area contributed by atoms with Crippen LogP contribution in [-0.2, 0) is 11.2 Å². The van der Waals surface area contributed by atoms with Crippen LogP contribution in [0.2, 0.25) is 0 Å². The standard InChI is InChI=1S/C25H31N3O2/c29-25(22-8-4-5-9-24(22)26-14-16-30-17-15-26)28-13-11-23-21(19-28)18-27(23)12-10-20-6-2-1-3-7-20/h1-9,21,23H,10-19H2/t21-,23+/m1/s1. The van der Waals surface area contributed by atoms with Gasteiger partial charge in [0.1, 0.15) is 0 Å². The Morgan fingerprint density at radius 3 is 2.50 bits per heavy atom. The fourth-order valence-electron chi connectivity index (χ4n) is 5.24. The number of piperidine rings is 1. The highest BCUT2D eigenvalue weighted by Crippen LogP contribution is 2.34. The van der Waals surface area contributed by atoms with Crippen LogP contribution < -0.4 is 4.90 Å². The number of nitrogens with zero attached hydrogens (tertiary/aromatic N) is 3. The second-order valence-electron chi connectivity index (χ2n) is 8.71. The molecular weight excluding hydrogens is 374 g/mol. The number of benzene rings is 2. The third-order valence-corrected chi connectivity index (χ3v) is 6.94. The van der Waals surface area contributed by atoms with Crippen LogP contribution in [0.5, 0.6) is 0 Å². The highest BCUT2D eigenvalue weighted by atomic mass is 16.5. The third-order valence-electron chi connectivity index (χ3n) is 6.94. The lowest BCUT2D eigenvalue weighted by atomic mass is 9.82. The van der Waals surface area contributed by atoms with E-state index in [0.717, 1.165) is 76.6 Å². The summed E-state index contributed by atoms with van der Waals surface area (Å²) >= 11 is 0. The van der Waals surface area contributed by atoms with E-state index >= 15 is 0 Å². The molecule has 0 spiro atoms. The molecule has 0 saturated carbocycles. The second kappa shape index (κ2) is 8.78. The molecule has 3 heterocycles. The zero-order valence-corrected chi connectivity index (χ0v) is 17.6. The van der Waals surface area contributed by atoms with Crippen molar-refractivity contribution in [2.75, 3.05) is 57.4 Å². The molecule has 3 fully saturated rings. The Morgan fingerprint density at radius 1 is 0.933 bits per heavy atom. The maximum Gasteiger partial charge on any atom is 0.255 e. The van der Waals surface area contributed by atoms with E-state index in [1.54, 1.807) is 0 Å². The van der Waals surface area contributed by atoms with Gasteiger partial charge in [0.05, 0.1) is 18.8 Å². The Balaban J connectivity index is 1.19. The minimum atomic E-state index is 0.193. The number of carbonyl (C=O) groups is 1. The van der Waals surface area contributed by atoms with Gasteiger partial charge in [-0.3, -0.25) is 9.69 Å². The molecule has 1 amide bonds. The predicted molar refractivity (Wildman–Crippen MR) is 119 cm³/mol. The van der Waals surface area contributed by atoms with E-state index in [-0.39, 0.29) is 5.91 Å². The van der Waals surface area contributed by atoms with E-state index in [1.165, 1.54) is 5.56 Å². The van der Waals surface area contributed by atoms with Gasteiger partial charge < -0.3 is 14.5 Å². The van der Waals surface area contributed by atoms with Crippen molar-refractivity contribution in [2.45, 2.75) is 18.9 Å². The summed E-state index contributed by atoms with van der Waals surface area (Å²) in [6.07, 6.45) is 2.20. The number of ether oxygens (including phenoxy) is 1. The van der Waals surface area contributed by atoms with Gasteiger partial charge in [0.15, 0.2) is 0 Å². The average Bonchev–Trinajstić information content (AvgIpc) is 2.80. The normalized spacial score (nSPS) is 24.3. The number of anilines is 1. The first kappa shape index (κ1) is 19.6. The Bertz CT molecular complexity index is 866. The number of rotatable bonds is 5. The molecule has 0 radical (unpaired) electrons. The molecule has 5 heteroatoms. The Labute approximate surface area is 179 Å². The van der Waals surface area contributed by atoms with Crippen molar-refractivity contribution in [2.24, 2.45) is 5.92 Å². The first-order chi connectivity index (χ1) is 14.8. The first-order valence-electron chi connectivity index (χ1n) is 11.3. The molecule has 5 rings (SSSR count). The summed E-state index contributed by atoms with van der Waals surface area (Å²) < 4.78 is 5.49. The molecule has 0 unspecified atom stereocenters. The van der Waals surface area contributed by atoms with Crippen LogP contribution in [0.4, 0.5) is 5.69 Å². The zero-order valence-electron chi connectivity index (χ0n) is 17.6. The zero-order chi connectivity index (χ0) is 20.3. The molecule has 2 atom stereocenters. The summed E-state index contributed by atoms with van der Waals surface area (Å²) in [5, 5.41) is 0. The molecular formula is C25H31N3O2. The van der Waals surface area contributed by atoms with Crippen molar-refractivity contribution < 1.29 is 9.53 Å². The average molecular weight is 406 g/mol. The van der Waals surface area contributed by atoms with Crippen LogP contribution in [0.3, 0.4) is 0 Å². The van der Waals surface area contributed by atoms with Crippen molar-refractivity contribution in [1.82, 2.24) is 9.80 Å². The van der Waals surface area contributed by atoms with Gasteiger partial charge in [-0.05, 0) is 30.5 Å². The minimum Gasteiger partial charge on any atom is -0.378 e. The lowest BCUT2D eigenvalue weighted by Crippen LogP contribution is -2.64. The van der Waals surface area contributed by atoms with Crippen molar-refractivity contribution >= 4 is 11.6 Å². The molecule has 3 saturated heterocycles. The Kier molecular flexibility index (Phi) is 5.73. The van der Waals surface area contributed by atoms with E-state index in [1.807, 2.05) is 18.2 Å². The number of likely N-dealkylation sites (tertiary alicyclic amines) is 2. The Hall–Kier alpha value is -2.37. The number of fused-ring (bicyclic) bond motifs is 1. The van der Waals surface area contributed by atoms with Gasteiger partial charge in [-0.2, -0.15) is 0 Å². The highest BCUT2D eigenvalue weighted by molar-refractivity contribution is 6.00. The molecule has 2 aromatic carbocycles. The molecule has 2 aromatic rings. The van der Waals surface area contributed by atoms with Gasteiger partial charge in [0, 0.05) is 56.9 Å². The predicted octanol–water partition coefficient (Wildman–Crippen LogP) is 2.91. The quantitative estimate of drug-likeness (QED) is 0.766. The van der Waals surface area contributed by atoms with Crippen LogP contribution in [0.15, 0.2) is 54.6 Å². The van der Waals surface area contributed by atoms with E-state index in [9.17, 15) is 4.79 Å². The number of para-hydroxylation sites is 1. The van der Waals surface area contributed by atoms with Crippen LogP contribution in [0, 0.1) is 5.92 Å². The first-order valence-corrected chi connectivity index (χ1v) is 11.3. The highest BCUT2D eigenvalue weighted by Gasteiger charge is 2.43. The summed E-state index contributed by atoms with van der Waals surface area (Å²) in [7, 11) is 0. The Morgan fingerprint density at radius 2 is 1.70 bits per heavy atom. The summed E-state index contributed by atoms with van der Waals surface area (Å²) in [4.78, 5) is 20.4. The molecule has 0 aromatic heterocycles. The number of hydrogen-bond acceptors (Lipinski definition) is 4. The second-order valence-corrected chi connectivity index (χ2v) is 8.71. The van der Waals surface area contributed by atoms with Gasteiger partial charge in [-0.25, -0.2) is 0 Å².